The Labute approximate surface area is 105 Å². The first-order valence-corrected chi connectivity index (χ1v) is 6.86. The lowest BCUT2D eigenvalue weighted by Gasteiger charge is -2.11. The molecular formula is C11H14N4O2S. The number of anilines is 1. The average Bonchev–Trinajstić information content (AvgIpc) is 2.79. The Morgan fingerprint density at radius 1 is 1.44 bits per heavy atom. The standard InChI is InChI=1S/C11H14N4O2S/c1-8-10(14-6-9-5-13-7-15-9)3-2-4-11(8)18(12,16)17/h2-5,7,14H,6H2,1H3,(H,13,15)(H2,12,16,17). The molecule has 0 amide bonds. The van der Waals surface area contributed by atoms with Crippen molar-refractivity contribution in [1.82, 2.24) is 9.97 Å². The molecule has 2 rings (SSSR count). The first-order chi connectivity index (χ1) is 8.48. The summed E-state index contributed by atoms with van der Waals surface area (Å²) in [6.07, 6.45) is 3.29. The molecule has 2 aromatic rings. The number of hydrogen-bond acceptors (Lipinski definition) is 4. The molecule has 4 N–H and O–H groups in total. The van der Waals surface area contributed by atoms with Crippen LogP contribution in [-0.2, 0) is 16.6 Å². The van der Waals surface area contributed by atoms with Crippen molar-refractivity contribution in [3.8, 4) is 0 Å². The third-order valence-corrected chi connectivity index (χ3v) is 3.67. The minimum Gasteiger partial charge on any atom is -0.379 e. The van der Waals surface area contributed by atoms with E-state index in [1.54, 1.807) is 31.6 Å². The van der Waals surface area contributed by atoms with E-state index in [2.05, 4.69) is 15.3 Å². The van der Waals surface area contributed by atoms with Crippen LogP contribution in [0.4, 0.5) is 5.69 Å². The SMILES string of the molecule is Cc1c(NCc2cnc[nH]2)cccc1S(N)(=O)=O. The summed E-state index contributed by atoms with van der Waals surface area (Å²) in [6.45, 7) is 2.25. The van der Waals surface area contributed by atoms with E-state index < -0.39 is 10.0 Å². The van der Waals surface area contributed by atoms with Crippen LogP contribution in [0, 0.1) is 6.92 Å². The number of aromatic amines is 1. The highest BCUT2D eigenvalue weighted by Gasteiger charge is 2.13. The topological polar surface area (TPSA) is 101 Å². The van der Waals surface area contributed by atoms with Gasteiger partial charge < -0.3 is 10.3 Å². The van der Waals surface area contributed by atoms with Gasteiger partial charge in [0.15, 0.2) is 0 Å². The fourth-order valence-corrected chi connectivity index (χ4v) is 2.49. The second-order valence-electron chi connectivity index (χ2n) is 3.90. The summed E-state index contributed by atoms with van der Waals surface area (Å²) in [7, 11) is -3.69. The Kier molecular flexibility index (Phi) is 3.35. The summed E-state index contributed by atoms with van der Waals surface area (Å²) in [5, 5.41) is 8.28. The smallest absolute Gasteiger partial charge is 0.238 e. The van der Waals surface area contributed by atoms with E-state index in [1.165, 1.54) is 6.07 Å². The summed E-state index contributed by atoms with van der Waals surface area (Å²) in [4.78, 5) is 6.99. The van der Waals surface area contributed by atoms with Gasteiger partial charge in [0.1, 0.15) is 0 Å². The molecule has 0 aliphatic heterocycles. The zero-order valence-corrected chi connectivity index (χ0v) is 10.7. The molecule has 1 aromatic heterocycles. The molecule has 0 atom stereocenters. The average molecular weight is 266 g/mol. The van der Waals surface area contributed by atoms with Crippen molar-refractivity contribution in [2.24, 2.45) is 5.14 Å². The molecule has 1 heterocycles. The molecule has 6 nitrogen and oxygen atoms in total. The molecule has 0 radical (unpaired) electrons. The van der Waals surface area contributed by atoms with Gasteiger partial charge >= 0.3 is 0 Å². The van der Waals surface area contributed by atoms with Gasteiger partial charge in [-0.2, -0.15) is 0 Å². The number of nitrogens with zero attached hydrogens (tertiary/aromatic N) is 1. The van der Waals surface area contributed by atoms with Crippen LogP contribution in [0.15, 0.2) is 35.6 Å². The highest BCUT2D eigenvalue weighted by Crippen LogP contribution is 2.22. The van der Waals surface area contributed by atoms with E-state index in [-0.39, 0.29) is 4.90 Å². The maximum atomic E-state index is 11.4. The molecular weight excluding hydrogens is 252 g/mol. The highest BCUT2D eigenvalue weighted by molar-refractivity contribution is 7.89. The molecule has 1 aromatic carbocycles. The normalized spacial score (nSPS) is 11.4. The van der Waals surface area contributed by atoms with Crippen molar-refractivity contribution >= 4 is 15.7 Å². The summed E-state index contributed by atoms with van der Waals surface area (Å²) in [6, 6.07) is 4.95. The number of imidazole rings is 1. The molecule has 0 unspecified atom stereocenters. The third kappa shape index (κ3) is 2.69. The number of sulfonamides is 1. The molecule has 0 aliphatic carbocycles. The molecule has 0 fully saturated rings. The van der Waals surface area contributed by atoms with Crippen LogP contribution in [0.1, 0.15) is 11.3 Å². The Morgan fingerprint density at radius 2 is 2.22 bits per heavy atom. The van der Waals surface area contributed by atoms with Gasteiger partial charge in [-0.3, -0.25) is 0 Å². The predicted octanol–water partition coefficient (Wildman–Crippen LogP) is 0.978. The Morgan fingerprint density at radius 3 is 2.83 bits per heavy atom. The van der Waals surface area contributed by atoms with Crippen LogP contribution in [0.3, 0.4) is 0 Å². The molecule has 0 bridgehead atoms. The lowest BCUT2D eigenvalue weighted by Crippen LogP contribution is -2.14. The van der Waals surface area contributed by atoms with Crippen LogP contribution in [-0.4, -0.2) is 18.4 Å². The first kappa shape index (κ1) is 12.6. The summed E-state index contributed by atoms with van der Waals surface area (Å²) in [5.41, 5.74) is 2.26. The van der Waals surface area contributed by atoms with Gasteiger partial charge in [-0.1, -0.05) is 6.07 Å². The number of H-pyrrole nitrogens is 1. The number of aromatic nitrogens is 2. The van der Waals surface area contributed by atoms with Crippen LogP contribution in [0.2, 0.25) is 0 Å². The zero-order chi connectivity index (χ0) is 13.2. The maximum absolute atomic E-state index is 11.4. The minimum atomic E-state index is -3.69. The number of nitrogens with one attached hydrogen (secondary N) is 2. The van der Waals surface area contributed by atoms with E-state index in [9.17, 15) is 8.42 Å². The molecule has 0 saturated heterocycles. The van der Waals surface area contributed by atoms with Gasteiger partial charge in [0.05, 0.1) is 23.5 Å². The molecule has 7 heteroatoms. The Balaban J connectivity index is 2.24. The van der Waals surface area contributed by atoms with Crippen molar-refractivity contribution in [2.75, 3.05) is 5.32 Å². The lowest BCUT2D eigenvalue weighted by atomic mass is 10.2. The largest absolute Gasteiger partial charge is 0.379 e. The molecule has 96 valence electrons. The van der Waals surface area contributed by atoms with Crippen LogP contribution < -0.4 is 10.5 Å². The van der Waals surface area contributed by atoms with Crippen molar-refractivity contribution in [1.29, 1.82) is 0 Å². The first-order valence-electron chi connectivity index (χ1n) is 5.32. The number of primary sulfonamides is 1. The number of benzene rings is 1. The van der Waals surface area contributed by atoms with Crippen molar-refractivity contribution < 1.29 is 8.42 Å². The third-order valence-electron chi connectivity index (χ3n) is 2.61. The summed E-state index contributed by atoms with van der Waals surface area (Å²) >= 11 is 0. The monoisotopic (exact) mass is 266 g/mol. The fraction of sp³-hybridized carbons (Fsp3) is 0.182. The van der Waals surface area contributed by atoms with Crippen molar-refractivity contribution in [3.63, 3.8) is 0 Å². The second kappa shape index (κ2) is 4.79. The van der Waals surface area contributed by atoms with Crippen molar-refractivity contribution in [3.05, 3.63) is 42.0 Å². The minimum absolute atomic E-state index is 0.136. The number of hydrogen-bond donors (Lipinski definition) is 3. The van der Waals surface area contributed by atoms with E-state index in [4.69, 9.17) is 5.14 Å². The Hall–Kier alpha value is -1.86. The van der Waals surface area contributed by atoms with E-state index in [0.717, 1.165) is 11.4 Å². The van der Waals surface area contributed by atoms with Gasteiger partial charge in [-0.25, -0.2) is 18.5 Å². The lowest BCUT2D eigenvalue weighted by molar-refractivity contribution is 0.597. The Bertz CT molecular complexity index is 635. The van der Waals surface area contributed by atoms with Crippen LogP contribution in [0.5, 0.6) is 0 Å². The molecule has 0 spiro atoms. The predicted molar refractivity (Wildman–Crippen MR) is 68.5 cm³/mol. The maximum Gasteiger partial charge on any atom is 0.238 e. The van der Waals surface area contributed by atoms with Crippen molar-refractivity contribution in [2.45, 2.75) is 18.4 Å². The van der Waals surface area contributed by atoms with Gasteiger partial charge in [0.2, 0.25) is 10.0 Å². The zero-order valence-electron chi connectivity index (χ0n) is 9.84. The molecule has 0 saturated carbocycles. The van der Waals surface area contributed by atoms with Crippen LogP contribution >= 0.6 is 0 Å². The van der Waals surface area contributed by atoms with E-state index in [0.29, 0.717) is 12.1 Å². The summed E-state index contributed by atoms with van der Waals surface area (Å²) in [5.74, 6) is 0. The highest BCUT2D eigenvalue weighted by atomic mass is 32.2. The number of nitrogens with two attached hydrogens (primary N) is 1. The number of rotatable bonds is 4. The summed E-state index contributed by atoms with van der Waals surface area (Å²) < 4.78 is 22.7. The molecule has 0 aliphatic rings. The quantitative estimate of drug-likeness (QED) is 0.767. The van der Waals surface area contributed by atoms with E-state index >= 15 is 0 Å². The van der Waals surface area contributed by atoms with E-state index in [1.807, 2.05) is 0 Å². The second-order valence-corrected chi connectivity index (χ2v) is 5.43. The van der Waals surface area contributed by atoms with Gasteiger partial charge in [-0.05, 0) is 24.6 Å². The van der Waals surface area contributed by atoms with Crippen LogP contribution in [0.25, 0.3) is 0 Å². The van der Waals surface area contributed by atoms with Gasteiger partial charge in [-0.15, -0.1) is 0 Å². The fourth-order valence-electron chi connectivity index (χ4n) is 1.69. The van der Waals surface area contributed by atoms with Gasteiger partial charge in [0, 0.05) is 11.9 Å². The van der Waals surface area contributed by atoms with Gasteiger partial charge in [0.25, 0.3) is 0 Å². The molecule has 18 heavy (non-hydrogen) atoms.